The minimum absolute atomic E-state index is 0.0661. The number of para-hydroxylation sites is 1. The van der Waals surface area contributed by atoms with Crippen molar-refractivity contribution in [2.75, 3.05) is 6.38 Å². The summed E-state index contributed by atoms with van der Waals surface area (Å²) >= 11 is 8.16. The van der Waals surface area contributed by atoms with Gasteiger partial charge in [-0.2, -0.15) is 0 Å². The van der Waals surface area contributed by atoms with Gasteiger partial charge in [-0.1, -0.05) is 34.1 Å². The molecule has 0 N–H and O–H groups in total. The summed E-state index contributed by atoms with van der Waals surface area (Å²) in [7, 11) is 1.78. The van der Waals surface area contributed by atoms with Crippen molar-refractivity contribution in [3.63, 3.8) is 0 Å². The smallest absolute Gasteiger partial charge is 0.293 e. The van der Waals surface area contributed by atoms with Crippen molar-refractivity contribution < 1.29 is 0 Å². The molecule has 0 saturated carbocycles. The Balaban J connectivity index is 0.000000880. The van der Waals surface area contributed by atoms with Gasteiger partial charge in [-0.05, 0) is 36.8 Å². The van der Waals surface area contributed by atoms with E-state index in [1.54, 1.807) is 22.4 Å². The van der Waals surface area contributed by atoms with Crippen molar-refractivity contribution in [3.8, 4) is 5.69 Å². The molecule has 0 atom stereocenters. The van der Waals surface area contributed by atoms with Gasteiger partial charge in [0.05, 0.1) is 28.4 Å². The first-order valence-corrected chi connectivity index (χ1v) is 9.22. The summed E-state index contributed by atoms with van der Waals surface area (Å²) in [5.41, 5.74) is 4.47. The second-order valence-corrected chi connectivity index (χ2v) is 6.53. The van der Waals surface area contributed by atoms with Gasteiger partial charge in [-0.15, -0.1) is 11.6 Å². The molecule has 25 heavy (non-hydrogen) atoms. The number of nitrogens with zero attached hydrogens (tertiary/aromatic N) is 3. The third-order valence-corrected chi connectivity index (χ3v) is 4.70. The van der Waals surface area contributed by atoms with E-state index >= 15 is 0 Å². The monoisotopic (exact) mass is 417 g/mol. The molecule has 0 spiro atoms. The van der Waals surface area contributed by atoms with E-state index in [9.17, 15) is 4.79 Å². The SMILES string of the molecule is CCl.Cc1ccccc1-n1c(=O)n(C)c2cnc3ccc(Br)cc3c21. The summed E-state index contributed by atoms with van der Waals surface area (Å²) < 4.78 is 4.39. The first-order chi connectivity index (χ1) is 12.1. The maximum absolute atomic E-state index is 12.9. The van der Waals surface area contributed by atoms with Crippen LogP contribution in [0.15, 0.2) is 57.9 Å². The standard InChI is InChI=1S/C18H14BrN3O.CH3Cl/c1-11-5-3-4-6-15(11)22-17-13-9-12(19)7-8-14(13)20-10-16(17)21(2)18(22)23;1-2/h3-10H,1-2H3;1H3. The third kappa shape index (κ3) is 2.87. The molecule has 4 nitrogen and oxygen atoms in total. The van der Waals surface area contributed by atoms with Crippen LogP contribution < -0.4 is 5.69 Å². The van der Waals surface area contributed by atoms with Crippen LogP contribution in [0, 0.1) is 6.92 Å². The minimum atomic E-state index is -0.0661. The zero-order valence-electron chi connectivity index (χ0n) is 14.1. The highest BCUT2D eigenvalue weighted by molar-refractivity contribution is 9.10. The summed E-state index contributed by atoms with van der Waals surface area (Å²) in [4.78, 5) is 17.3. The van der Waals surface area contributed by atoms with Crippen LogP contribution in [0.1, 0.15) is 5.56 Å². The van der Waals surface area contributed by atoms with Crippen molar-refractivity contribution in [2.24, 2.45) is 7.05 Å². The van der Waals surface area contributed by atoms with Gasteiger partial charge in [0.25, 0.3) is 0 Å². The van der Waals surface area contributed by atoms with Crippen LogP contribution in [-0.4, -0.2) is 20.5 Å². The molecule has 0 aliphatic heterocycles. The van der Waals surface area contributed by atoms with Crippen LogP contribution in [0.5, 0.6) is 0 Å². The molecule has 0 radical (unpaired) electrons. The van der Waals surface area contributed by atoms with Gasteiger partial charge in [-0.3, -0.25) is 14.1 Å². The quantitative estimate of drug-likeness (QED) is 0.416. The molecule has 2 heterocycles. The molecule has 0 fully saturated rings. The molecule has 4 rings (SSSR count). The first-order valence-electron chi connectivity index (χ1n) is 7.67. The average Bonchev–Trinajstić information content (AvgIpc) is 2.89. The van der Waals surface area contributed by atoms with Gasteiger partial charge in [-0.25, -0.2) is 4.79 Å². The Bertz CT molecular complexity index is 1130. The van der Waals surface area contributed by atoms with Crippen LogP contribution in [0.25, 0.3) is 27.6 Å². The second kappa shape index (κ2) is 7.02. The predicted octanol–water partition coefficient (Wildman–Crippen LogP) is 4.80. The molecule has 0 unspecified atom stereocenters. The van der Waals surface area contributed by atoms with Crippen LogP contribution in [0.2, 0.25) is 0 Å². The van der Waals surface area contributed by atoms with Gasteiger partial charge < -0.3 is 0 Å². The minimum Gasteiger partial charge on any atom is -0.293 e. The molecule has 0 aliphatic rings. The summed E-state index contributed by atoms with van der Waals surface area (Å²) in [6.07, 6.45) is 3.24. The number of aromatic nitrogens is 3. The summed E-state index contributed by atoms with van der Waals surface area (Å²) in [5, 5.41) is 0.956. The maximum atomic E-state index is 12.9. The van der Waals surface area contributed by atoms with E-state index < -0.39 is 0 Å². The molecule has 2 aromatic heterocycles. The molecular formula is C19H17BrClN3O. The van der Waals surface area contributed by atoms with Crippen LogP contribution >= 0.6 is 27.5 Å². The van der Waals surface area contributed by atoms with E-state index in [1.165, 1.54) is 6.38 Å². The molecule has 4 aromatic rings. The number of alkyl halides is 1. The molecule has 0 bridgehead atoms. The predicted molar refractivity (Wildman–Crippen MR) is 108 cm³/mol. The van der Waals surface area contributed by atoms with Gasteiger partial charge in [0.2, 0.25) is 0 Å². The lowest BCUT2D eigenvalue weighted by Gasteiger charge is -2.08. The Kier molecular flexibility index (Phi) is 4.97. The maximum Gasteiger partial charge on any atom is 0.333 e. The zero-order chi connectivity index (χ0) is 18.1. The van der Waals surface area contributed by atoms with Crippen LogP contribution in [-0.2, 0) is 7.05 Å². The first kappa shape index (κ1) is 17.7. The Morgan fingerprint density at radius 1 is 1.12 bits per heavy atom. The topological polar surface area (TPSA) is 39.8 Å². The van der Waals surface area contributed by atoms with Crippen molar-refractivity contribution >= 4 is 49.5 Å². The molecular weight excluding hydrogens is 402 g/mol. The van der Waals surface area contributed by atoms with Crippen molar-refractivity contribution in [2.45, 2.75) is 6.92 Å². The fourth-order valence-electron chi connectivity index (χ4n) is 3.01. The Labute approximate surface area is 158 Å². The lowest BCUT2D eigenvalue weighted by Crippen LogP contribution is -2.21. The molecule has 0 saturated heterocycles. The van der Waals surface area contributed by atoms with E-state index in [0.717, 1.165) is 37.7 Å². The van der Waals surface area contributed by atoms with Gasteiger partial charge in [0.1, 0.15) is 0 Å². The lowest BCUT2D eigenvalue weighted by atomic mass is 10.1. The number of pyridine rings is 1. The van der Waals surface area contributed by atoms with Crippen molar-refractivity contribution in [1.82, 2.24) is 14.1 Å². The number of aryl methyl sites for hydroxylation is 2. The molecule has 6 heteroatoms. The average molecular weight is 419 g/mol. The fraction of sp³-hybridized carbons (Fsp3) is 0.158. The molecule has 0 aliphatic carbocycles. The number of halogens is 2. The Hall–Kier alpha value is -2.11. The van der Waals surface area contributed by atoms with E-state index in [-0.39, 0.29) is 5.69 Å². The third-order valence-electron chi connectivity index (χ3n) is 4.20. The van der Waals surface area contributed by atoms with E-state index in [1.807, 2.05) is 49.4 Å². The number of hydrogen-bond donors (Lipinski definition) is 0. The highest BCUT2D eigenvalue weighted by Crippen LogP contribution is 2.28. The number of fused-ring (bicyclic) bond motifs is 3. The second-order valence-electron chi connectivity index (χ2n) is 5.62. The van der Waals surface area contributed by atoms with Gasteiger partial charge >= 0.3 is 5.69 Å². The molecule has 128 valence electrons. The van der Waals surface area contributed by atoms with E-state index in [2.05, 4.69) is 32.5 Å². The number of benzene rings is 2. The number of hydrogen-bond acceptors (Lipinski definition) is 2. The fourth-order valence-corrected chi connectivity index (χ4v) is 3.37. The van der Waals surface area contributed by atoms with Gasteiger partial charge in [0.15, 0.2) is 0 Å². The zero-order valence-corrected chi connectivity index (χ0v) is 16.5. The van der Waals surface area contributed by atoms with E-state index in [4.69, 9.17) is 0 Å². The van der Waals surface area contributed by atoms with Crippen molar-refractivity contribution in [1.29, 1.82) is 0 Å². The number of imidazole rings is 1. The molecule has 0 amide bonds. The lowest BCUT2D eigenvalue weighted by molar-refractivity contribution is 0.843. The number of rotatable bonds is 1. The Morgan fingerprint density at radius 2 is 1.84 bits per heavy atom. The van der Waals surface area contributed by atoms with Crippen LogP contribution in [0.4, 0.5) is 0 Å². The Morgan fingerprint density at radius 3 is 2.56 bits per heavy atom. The largest absolute Gasteiger partial charge is 0.333 e. The highest BCUT2D eigenvalue weighted by atomic mass is 79.9. The molecule has 2 aromatic carbocycles. The van der Waals surface area contributed by atoms with Crippen molar-refractivity contribution in [3.05, 3.63) is 69.2 Å². The normalized spacial score (nSPS) is 10.8. The highest BCUT2D eigenvalue weighted by Gasteiger charge is 2.17. The van der Waals surface area contributed by atoms with Crippen LogP contribution in [0.3, 0.4) is 0 Å². The van der Waals surface area contributed by atoms with Gasteiger partial charge in [0, 0.05) is 23.3 Å². The summed E-state index contributed by atoms with van der Waals surface area (Å²) in [5.74, 6) is 0. The summed E-state index contributed by atoms with van der Waals surface area (Å²) in [6.45, 7) is 2.01. The van der Waals surface area contributed by atoms with E-state index in [0.29, 0.717) is 0 Å². The summed E-state index contributed by atoms with van der Waals surface area (Å²) in [6, 6.07) is 13.8.